The molecular formula is C18H17NO6. The fourth-order valence-electron chi connectivity index (χ4n) is 2.18. The lowest BCUT2D eigenvalue weighted by atomic mass is 10.1. The van der Waals surface area contributed by atoms with Crippen molar-refractivity contribution in [2.75, 3.05) is 13.2 Å². The highest BCUT2D eigenvalue weighted by Crippen LogP contribution is 2.13. The van der Waals surface area contributed by atoms with Crippen LogP contribution in [0.4, 0.5) is 0 Å². The molecule has 0 fully saturated rings. The number of amides is 1. The third-order valence-corrected chi connectivity index (χ3v) is 3.39. The number of ether oxygens (including phenoxy) is 1. The maximum Gasteiger partial charge on any atom is 0.341 e. The van der Waals surface area contributed by atoms with Crippen LogP contribution < -0.4 is 10.1 Å². The van der Waals surface area contributed by atoms with Crippen LogP contribution in [0.25, 0.3) is 0 Å². The minimum Gasteiger partial charge on any atom is -0.482 e. The lowest BCUT2D eigenvalue weighted by Gasteiger charge is -2.08. The Morgan fingerprint density at radius 3 is 2.16 bits per heavy atom. The molecule has 0 saturated carbocycles. The zero-order valence-electron chi connectivity index (χ0n) is 13.3. The Hall–Kier alpha value is -3.35. The summed E-state index contributed by atoms with van der Waals surface area (Å²) in [6.07, 6.45) is 0.542. The smallest absolute Gasteiger partial charge is 0.341 e. The number of carbonyl (C=O) groups is 3. The summed E-state index contributed by atoms with van der Waals surface area (Å²) in [5, 5.41) is 20.3. The predicted molar refractivity (Wildman–Crippen MR) is 89.0 cm³/mol. The minimum atomic E-state index is -1.15. The predicted octanol–water partition coefficient (Wildman–Crippen LogP) is 1.82. The molecule has 0 aliphatic carbocycles. The van der Waals surface area contributed by atoms with Crippen LogP contribution in [0.2, 0.25) is 0 Å². The third-order valence-electron chi connectivity index (χ3n) is 3.39. The Morgan fingerprint density at radius 1 is 0.920 bits per heavy atom. The van der Waals surface area contributed by atoms with Gasteiger partial charge < -0.3 is 20.3 Å². The number of hydrogen-bond acceptors (Lipinski definition) is 4. The van der Waals surface area contributed by atoms with Crippen molar-refractivity contribution in [3.8, 4) is 5.75 Å². The average Bonchev–Trinajstić information content (AvgIpc) is 2.60. The second-order valence-electron chi connectivity index (χ2n) is 5.18. The van der Waals surface area contributed by atoms with Gasteiger partial charge in [0.1, 0.15) is 5.75 Å². The van der Waals surface area contributed by atoms with Crippen molar-refractivity contribution in [3.05, 3.63) is 65.2 Å². The molecule has 25 heavy (non-hydrogen) atoms. The Bertz CT molecular complexity index is 769. The van der Waals surface area contributed by atoms with Crippen molar-refractivity contribution >= 4 is 17.8 Å². The molecule has 0 aromatic heterocycles. The summed E-state index contributed by atoms with van der Waals surface area (Å²) >= 11 is 0. The quantitative estimate of drug-likeness (QED) is 0.674. The molecule has 0 aliphatic rings. The second kappa shape index (κ2) is 8.49. The number of aliphatic carboxylic acids is 1. The van der Waals surface area contributed by atoms with Gasteiger partial charge in [-0.3, -0.25) is 4.79 Å². The molecule has 2 aromatic rings. The first-order valence-corrected chi connectivity index (χ1v) is 7.51. The maximum atomic E-state index is 12.1. The molecule has 0 radical (unpaired) electrons. The molecule has 0 saturated heterocycles. The molecule has 0 bridgehead atoms. The number of aromatic carboxylic acids is 1. The van der Waals surface area contributed by atoms with E-state index in [4.69, 9.17) is 14.9 Å². The monoisotopic (exact) mass is 343 g/mol. The molecule has 0 unspecified atom stereocenters. The standard InChI is InChI=1S/C18H17NO6/c20-16(21)11-25-13-7-5-12(6-8-13)9-10-19-17(22)14-3-1-2-4-15(14)18(23)24/h1-8H,9-11H2,(H,19,22)(H,20,21)(H,23,24). The number of carboxylic acids is 2. The highest BCUT2D eigenvalue weighted by atomic mass is 16.5. The normalized spacial score (nSPS) is 10.1. The fraction of sp³-hybridized carbons (Fsp3) is 0.167. The zero-order valence-corrected chi connectivity index (χ0v) is 13.3. The summed E-state index contributed by atoms with van der Waals surface area (Å²) in [6.45, 7) is -0.0689. The molecule has 1 amide bonds. The Kier molecular flexibility index (Phi) is 6.11. The van der Waals surface area contributed by atoms with Gasteiger partial charge in [-0.2, -0.15) is 0 Å². The van der Waals surface area contributed by atoms with E-state index in [0.29, 0.717) is 18.7 Å². The number of nitrogens with one attached hydrogen (secondary N) is 1. The lowest BCUT2D eigenvalue weighted by Crippen LogP contribution is -2.27. The van der Waals surface area contributed by atoms with E-state index in [0.717, 1.165) is 5.56 Å². The van der Waals surface area contributed by atoms with Crippen LogP contribution in [0.15, 0.2) is 48.5 Å². The summed E-state index contributed by atoms with van der Waals surface area (Å²) in [5.74, 6) is -2.19. The van der Waals surface area contributed by atoms with Crippen LogP contribution in [0.3, 0.4) is 0 Å². The number of rotatable bonds is 8. The van der Waals surface area contributed by atoms with E-state index in [1.807, 2.05) is 0 Å². The van der Waals surface area contributed by atoms with E-state index in [1.54, 1.807) is 36.4 Å². The molecule has 7 nitrogen and oxygen atoms in total. The Balaban J connectivity index is 1.87. The van der Waals surface area contributed by atoms with Crippen molar-refractivity contribution in [3.63, 3.8) is 0 Å². The van der Waals surface area contributed by atoms with Crippen LogP contribution in [-0.2, 0) is 11.2 Å². The van der Waals surface area contributed by atoms with E-state index < -0.39 is 24.5 Å². The van der Waals surface area contributed by atoms with Crippen LogP contribution in [-0.4, -0.2) is 41.2 Å². The largest absolute Gasteiger partial charge is 0.482 e. The van der Waals surface area contributed by atoms with Crippen LogP contribution in [0, 0.1) is 0 Å². The Morgan fingerprint density at radius 2 is 1.56 bits per heavy atom. The summed E-state index contributed by atoms with van der Waals surface area (Å²) in [7, 11) is 0. The van der Waals surface area contributed by atoms with Gasteiger partial charge in [-0.1, -0.05) is 24.3 Å². The molecular weight excluding hydrogens is 326 g/mol. The highest BCUT2D eigenvalue weighted by Gasteiger charge is 2.15. The first-order chi connectivity index (χ1) is 12.0. The van der Waals surface area contributed by atoms with Gasteiger partial charge in [0.25, 0.3) is 5.91 Å². The average molecular weight is 343 g/mol. The van der Waals surface area contributed by atoms with Gasteiger partial charge in [0.15, 0.2) is 6.61 Å². The first-order valence-electron chi connectivity index (χ1n) is 7.51. The van der Waals surface area contributed by atoms with Gasteiger partial charge >= 0.3 is 11.9 Å². The SMILES string of the molecule is O=C(O)COc1ccc(CCNC(=O)c2ccccc2C(=O)O)cc1. The molecule has 0 aliphatic heterocycles. The van der Waals surface area contributed by atoms with Crippen molar-refractivity contribution in [1.82, 2.24) is 5.32 Å². The maximum absolute atomic E-state index is 12.1. The van der Waals surface area contributed by atoms with E-state index in [-0.39, 0.29) is 11.1 Å². The van der Waals surface area contributed by atoms with Crippen molar-refractivity contribution in [2.45, 2.75) is 6.42 Å². The van der Waals surface area contributed by atoms with Crippen molar-refractivity contribution < 1.29 is 29.3 Å². The molecule has 130 valence electrons. The third kappa shape index (κ3) is 5.35. The summed E-state index contributed by atoms with van der Waals surface area (Å²) < 4.78 is 5.03. The van der Waals surface area contributed by atoms with Gasteiger partial charge in [-0.05, 0) is 36.2 Å². The van der Waals surface area contributed by atoms with Gasteiger partial charge in [-0.25, -0.2) is 9.59 Å². The van der Waals surface area contributed by atoms with Gasteiger partial charge in [-0.15, -0.1) is 0 Å². The molecule has 0 heterocycles. The van der Waals surface area contributed by atoms with E-state index in [9.17, 15) is 14.4 Å². The number of carbonyl (C=O) groups excluding carboxylic acids is 1. The van der Waals surface area contributed by atoms with Gasteiger partial charge in [0.2, 0.25) is 0 Å². The molecule has 0 spiro atoms. The summed E-state index contributed by atoms with van der Waals surface area (Å²) in [4.78, 5) is 33.7. The van der Waals surface area contributed by atoms with Crippen LogP contribution in [0.5, 0.6) is 5.75 Å². The highest BCUT2D eigenvalue weighted by molar-refractivity contribution is 6.04. The minimum absolute atomic E-state index is 0.0417. The van der Waals surface area contributed by atoms with E-state index >= 15 is 0 Å². The Labute approximate surface area is 143 Å². The number of benzene rings is 2. The van der Waals surface area contributed by atoms with Crippen molar-refractivity contribution in [2.24, 2.45) is 0 Å². The zero-order chi connectivity index (χ0) is 18.2. The number of carboxylic acid groups (broad SMARTS) is 2. The van der Waals surface area contributed by atoms with Gasteiger partial charge in [0.05, 0.1) is 11.1 Å². The lowest BCUT2D eigenvalue weighted by molar-refractivity contribution is -0.139. The second-order valence-corrected chi connectivity index (χ2v) is 5.18. The summed E-state index contributed by atoms with van der Waals surface area (Å²) in [5.41, 5.74) is 1.00. The molecule has 2 aromatic carbocycles. The topological polar surface area (TPSA) is 113 Å². The molecule has 3 N–H and O–H groups in total. The van der Waals surface area contributed by atoms with Gasteiger partial charge in [0, 0.05) is 6.54 Å². The van der Waals surface area contributed by atoms with Crippen LogP contribution >= 0.6 is 0 Å². The molecule has 7 heteroatoms. The van der Waals surface area contributed by atoms with Crippen molar-refractivity contribution in [1.29, 1.82) is 0 Å². The number of hydrogen-bond donors (Lipinski definition) is 3. The first kappa shape index (κ1) is 18.0. The fourth-order valence-corrected chi connectivity index (χ4v) is 2.18. The summed E-state index contributed by atoms with van der Waals surface area (Å²) in [6, 6.07) is 12.9. The molecule has 0 atom stereocenters. The molecule has 2 rings (SSSR count). The van der Waals surface area contributed by atoms with E-state index in [2.05, 4.69) is 5.32 Å². The van der Waals surface area contributed by atoms with E-state index in [1.165, 1.54) is 12.1 Å². The van der Waals surface area contributed by atoms with Crippen LogP contribution in [0.1, 0.15) is 26.3 Å².